The van der Waals surface area contributed by atoms with Gasteiger partial charge in [0.05, 0.1) is 0 Å². The summed E-state index contributed by atoms with van der Waals surface area (Å²) in [6.07, 6.45) is 1.82. The Bertz CT molecular complexity index is 625. The number of ether oxygens (including phenoxy) is 2. The van der Waals surface area contributed by atoms with Crippen molar-refractivity contribution in [3.05, 3.63) is 48.6 Å². The third kappa shape index (κ3) is 3.99. The first kappa shape index (κ1) is 17.0. The molecule has 0 aliphatic rings. The highest BCUT2D eigenvalue weighted by atomic mass is 16.6. The summed E-state index contributed by atoms with van der Waals surface area (Å²) >= 11 is 0. The van der Waals surface area contributed by atoms with Gasteiger partial charge in [-0.2, -0.15) is 0 Å². The number of rotatable bonds is 6. The average Bonchev–Trinajstić information content (AvgIpc) is 2.47. The first-order valence-electron chi connectivity index (χ1n) is 6.18. The summed E-state index contributed by atoms with van der Waals surface area (Å²) in [6.45, 7) is 9.02. The lowest BCUT2D eigenvalue weighted by atomic mass is 10.0. The van der Waals surface area contributed by atoms with E-state index >= 15 is 0 Å². The molecule has 0 saturated heterocycles. The molecule has 0 amide bonds. The second-order valence-corrected chi connectivity index (χ2v) is 4.21. The molecule has 22 heavy (non-hydrogen) atoms. The van der Waals surface area contributed by atoms with E-state index in [4.69, 9.17) is 9.47 Å². The maximum absolute atomic E-state index is 11.6. The van der Waals surface area contributed by atoms with Gasteiger partial charge >= 0.3 is 11.9 Å². The molecule has 0 unspecified atom stereocenters. The van der Waals surface area contributed by atoms with Gasteiger partial charge in [0.2, 0.25) is 0 Å². The summed E-state index contributed by atoms with van der Waals surface area (Å²) in [7, 11) is 0. The largest absolute Gasteiger partial charge is 0.419 e. The van der Waals surface area contributed by atoms with Crippen LogP contribution in [0.3, 0.4) is 0 Å². The lowest BCUT2D eigenvalue weighted by molar-refractivity contribution is -0.131. The normalized spacial score (nSPS) is 9.55. The Kier molecular flexibility index (Phi) is 5.51. The van der Waals surface area contributed by atoms with E-state index in [1.807, 2.05) is 0 Å². The SMILES string of the molecule is C=CC(=O)Oc1cc(C(C)=O)c(C(C)=O)cc1OC(=O)C=C. The van der Waals surface area contributed by atoms with E-state index in [1.54, 1.807) is 0 Å². The zero-order valence-electron chi connectivity index (χ0n) is 12.2. The second-order valence-electron chi connectivity index (χ2n) is 4.21. The molecule has 0 N–H and O–H groups in total. The van der Waals surface area contributed by atoms with Crippen LogP contribution in [0.2, 0.25) is 0 Å². The molecule has 6 heteroatoms. The Morgan fingerprint density at radius 3 is 1.36 bits per heavy atom. The van der Waals surface area contributed by atoms with E-state index in [0.29, 0.717) is 0 Å². The zero-order valence-corrected chi connectivity index (χ0v) is 12.2. The van der Waals surface area contributed by atoms with E-state index in [9.17, 15) is 19.2 Å². The lowest BCUT2D eigenvalue weighted by Crippen LogP contribution is -2.12. The summed E-state index contributed by atoms with van der Waals surface area (Å²) in [6, 6.07) is 2.35. The number of carbonyl (C=O) groups excluding carboxylic acids is 4. The minimum absolute atomic E-state index is 0.0535. The molecule has 0 atom stereocenters. The standard InChI is InChI=1S/C16H14O6/c1-5-15(19)21-13-7-11(9(3)17)12(10(4)18)8-14(13)22-16(20)6-2/h5-8H,1-2H2,3-4H3. The molecule has 114 valence electrons. The predicted molar refractivity (Wildman–Crippen MR) is 78.1 cm³/mol. The number of ketones is 2. The van der Waals surface area contributed by atoms with E-state index in [1.165, 1.54) is 26.0 Å². The van der Waals surface area contributed by atoms with Crippen molar-refractivity contribution >= 4 is 23.5 Å². The van der Waals surface area contributed by atoms with Crippen LogP contribution in [-0.4, -0.2) is 23.5 Å². The van der Waals surface area contributed by atoms with Gasteiger partial charge in [-0.25, -0.2) is 9.59 Å². The molecule has 1 aromatic carbocycles. The lowest BCUT2D eigenvalue weighted by Gasteiger charge is -2.12. The Balaban J connectivity index is 3.51. The van der Waals surface area contributed by atoms with Crippen LogP contribution in [0.4, 0.5) is 0 Å². The van der Waals surface area contributed by atoms with Gasteiger partial charge in [-0.3, -0.25) is 9.59 Å². The minimum atomic E-state index is -0.805. The Hall–Kier alpha value is -3.02. The van der Waals surface area contributed by atoms with Crippen LogP contribution in [-0.2, 0) is 9.59 Å². The fraction of sp³-hybridized carbons (Fsp3) is 0.125. The van der Waals surface area contributed by atoms with Crippen molar-refractivity contribution in [2.45, 2.75) is 13.8 Å². The molecule has 0 spiro atoms. The number of hydrogen-bond donors (Lipinski definition) is 0. The first-order chi connectivity index (χ1) is 10.3. The molecule has 0 fully saturated rings. The van der Waals surface area contributed by atoms with Crippen molar-refractivity contribution in [3.63, 3.8) is 0 Å². The summed E-state index contributed by atoms with van der Waals surface area (Å²) in [5.74, 6) is -2.75. The molecule has 1 aromatic rings. The van der Waals surface area contributed by atoms with Crippen molar-refractivity contribution in [3.8, 4) is 11.5 Å². The highest BCUT2D eigenvalue weighted by Gasteiger charge is 2.20. The molecule has 0 aliphatic heterocycles. The molecule has 0 saturated carbocycles. The fourth-order valence-electron chi connectivity index (χ4n) is 1.60. The van der Waals surface area contributed by atoms with Gasteiger partial charge in [-0.1, -0.05) is 13.2 Å². The van der Waals surface area contributed by atoms with Gasteiger partial charge in [0.1, 0.15) is 0 Å². The zero-order chi connectivity index (χ0) is 16.9. The number of benzene rings is 1. The highest BCUT2D eigenvalue weighted by molar-refractivity contribution is 6.08. The van der Waals surface area contributed by atoms with Crippen molar-refractivity contribution < 1.29 is 28.7 Å². The Morgan fingerprint density at radius 1 is 0.818 bits per heavy atom. The van der Waals surface area contributed by atoms with Crippen LogP contribution in [0.15, 0.2) is 37.4 Å². The molecular weight excluding hydrogens is 288 g/mol. The van der Waals surface area contributed by atoms with Crippen LogP contribution in [0.25, 0.3) is 0 Å². The quantitative estimate of drug-likeness (QED) is 0.347. The molecule has 0 bridgehead atoms. The van der Waals surface area contributed by atoms with Crippen LogP contribution >= 0.6 is 0 Å². The summed E-state index contributed by atoms with van der Waals surface area (Å²) < 4.78 is 9.87. The van der Waals surface area contributed by atoms with Crippen molar-refractivity contribution in [1.29, 1.82) is 0 Å². The van der Waals surface area contributed by atoms with Crippen LogP contribution in [0, 0.1) is 0 Å². The molecule has 0 aromatic heterocycles. The van der Waals surface area contributed by atoms with E-state index in [2.05, 4.69) is 13.2 Å². The maximum atomic E-state index is 11.6. The molecular formula is C16H14O6. The van der Waals surface area contributed by atoms with Gasteiger partial charge in [0.15, 0.2) is 23.1 Å². The van der Waals surface area contributed by atoms with Crippen molar-refractivity contribution in [2.24, 2.45) is 0 Å². The van der Waals surface area contributed by atoms with Crippen LogP contribution in [0.1, 0.15) is 34.6 Å². The topological polar surface area (TPSA) is 86.7 Å². The number of esters is 2. The molecule has 6 nitrogen and oxygen atoms in total. The third-order valence-corrected chi connectivity index (χ3v) is 2.60. The van der Waals surface area contributed by atoms with E-state index < -0.39 is 23.5 Å². The molecule has 0 aliphatic carbocycles. The molecule has 1 rings (SSSR count). The summed E-state index contributed by atoms with van der Waals surface area (Å²) in [4.78, 5) is 45.9. The highest BCUT2D eigenvalue weighted by Crippen LogP contribution is 2.32. The van der Waals surface area contributed by atoms with Gasteiger partial charge in [0, 0.05) is 23.3 Å². The Morgan fingerprint density at radius 2 is 1.14 bits per heavy atom. The monoisotopic (exact) mass is 302 g/mol. The van der Waals surface area contributed by atoms with E-state index in [-0.39, 0.29) is 22.6 Å². The minimum Gasteiger partial charge on any atom is -0.419 e. The second kappa shape index (κ2) is 7.12. The number of Topliss-reactive ketones (excluding diaryl/α,β-unsaturated/α-hetero) is 2. The van der Waals surface area contributed by atoms with Crippen molar-refractivity contribution in [1.82, 2.24) is 0 Å². The average molecular weight is 302 g/mol. The van der Waals surface area contributed by atoms with Gasteiger partial charge in [-0.15, -0.1) is 0 Å². The summed E-state index contributed by atoms with van der Waals surface area (Å²) in [5, 5.41) is 0. The number of carbonyl (C=O) groups is 4. The fourth-order valence-corrected chi connectivity index (χ4v) is 1.60. The van der Waals surface area contributed by atoms with Gasteiger partial charge < -0.3 is 9.47 Å². The molecule has 0 heterocycles. The Labute approximate surface area is 127 Å². The number of hydrogen-bond acceptors (Lipinski definition) is 6. The van der Waals surface area contributed by atoms with Crippen molar-refractivity contribution in [2.75, 3.05) is 0 Å². The predicted octanol–water partition coefficient (Wildman–Crippen LogP) is 2.27. The van der Waals surface area contributed by atoms with Gasteiger partial charge in [0.25, 0.3) is 0 Å². The smallest absolute Gasteiger partial charge is 0.335 e. The third-order valence-electron chi connectivity index (χ3n) is 2.60. The first-order valence-corrected chi connectivity index (χ1v) is 6.18. The van der Waals surface area contributed by atoms with Gasteiger partial charge in [-0.05, 0) is 26.0 Å². The molecule has 0 radical (unpaired) electrons. The van der Waals surface area contributed by atoms with Crippen LogP contribution in [0.5, 0.6) is 11.5 Å². The van der Waals surface area contributed by atoms with Crippen LogP contribution < -0.4 is 9.47 Å². The maximum Gasteiger partial charge on any atom is 0.335 e. The van der Waals surface area contributed by atoms with E-state index in [0.717, 1.165) is 12.2 Å². The summed E-state index contributed by atoms with van der Waals surface area (Å²) in [5.41, 5.74) is 0.107.